The van der Waals surface area contributed by atoms with Gasteiger partial charge in [-0.2, -0.15) is 0 Å². The van der Waals surface area contributed by atoms with Gasteiger partial charge in [0.05, 0.1) is 7.11 Å². The number of hydrogen-bond acceptors (Lipinski definition) is 5. The first-order valence-electron chi connectivity index (χ1n) is 10.7. The van der Waals surface area contributed by atoms with Gasteiger partial charge in [0.2, 0.25) is 0 Å². The Kier molecular flexibility index (Phi) is 7.27. The van der Waals surface area contributed by atoms with Gasteiger partial charge < -0.3 is 15.0 Å². The molecule has 5 heteroatoms. The van der Waals surface area contributed by atoms with E-state index in [4.69, 9.17) is 4.74 Å². The zero-order valence-corrected chi connectivity index (χ0v) is 18.2. The van der Waals surface area contributed by atoms with Gasteiger partial charge in [-0.3, -0.25) is 4.79 Å². The lowest BCUT2D eigenvalue weighted by molar-refractivity contribution is -0.150. The molecule has 1 heterocycles. The number of carbonyl (C=O) groups is 2. The van der Waals surface area contributed by atoms with Crippen molar-refractivity contribution in [2.45, 2.75) is 38.6 Å². The Labute approximate surface area is 179 Å². The van der Waals surface area contributed by atoms with Crippen LogP contribution in [0.15, 0.2) is 54.6 Å². The molecule has 1 saturated heterocycles. The van der Waals surface area contributed by atoms with Crippen molar-refractivity contribution in [3.63, 3.8) is 0 Å². The van der Waals surface area contributed by atoms with Crippen LogP contribution in [0.3, 0.4) is 0 Å². The molecule has 1 fully saturated rings. The molecule has 0 amide bonds. The van der Waals surface area contributed by atoms with Crippen molar-refractivity contribution in [2.75, 3.05) is 32.1 Å². The van der Waals surface area contributed by atoms with Crippen LogP contribution in [0.2, 0.25) is 0 Å². The number of nitrogens with zero attached hydrogens (tertiary/aromatic N) is 1. The topological polar surface area (TPSA) is 58.6 Å². The lowest BCUT2D eigenvalue weighted by Crippen LogP contribution is -2.60. The van der Waals surface area contributed by atoms with Crippen molar-refractivity contribution in [3.8, 4) is 0 Å². The number of para-hydroxylation sites is 1. The van der Waals surface area contributed by atoms with E-state index in [9.17, 15) is 9.59 Å². The van der Waals surface area contributed by atoms with Gasteiger partial charge in [0.25, 0.3) is 0 Å². The van der Waals surface area contributed by atoms with Crippen molar-refractivity contribution < 1.29 is 14.3 Å². The Balaban J connectivity index is 1.77. The minimum Gasteiger partial charge on any atom is -0.467 e. The van der Waals surface area contributed by atoms with Gasteiger partial charge in [0.15, 0.2) is 5.78 Å². The maximum Gasteiger partial charge on any atom is 0.331 e. The van der Waals surface area contributed by atoms with Crippen LogP contribution < -0.4 is 5.32 Å². The van der Waals surface area contributed by atoms with Crippen LogP contribution in [-0.2, 0) is 16.0 Å². The molecule has 30 heavy (non-hydrogen) atoms. The summed E-state index contributed by atoms with van der Waals surface area (Å²) in [5, 5.41) is 3.45. The molecule has 0 aromatic heterocycles. The Bertz CT molecular complexity index is 868. The third kappa shape index (κ3) is 4.73. The summed E-state index contributed by atoms with van der Waals surface area (Å²) < 4.78 is 5.22. The monoisotopic (exact) mass is 408 g/mol. The number of hydrogen-bond donors (Lipinski definition) is 1. The van der Waals surface area contributed by atoms with Crippen LogP contribution in [0.5, 0.6) is 0 Å². The van der Waals surface area contributed by atoms with Crippen molar-refractivity contribution in [2.24, 2.45) is 5.92 Å². The molecule has 3 rings (SSSR count). The summed E-state index contributed by atoms with van der Waals surface area (Å²) in [7, 11) is 1.43. The molecule has 1 N–H and O–H groups in total. The summed E-state index contributed by atoms with van der Waals surface area (Å²) in [6.45, 7) is 6.48. The van der Waals surface area contributed by atoms with Crippen LogP contribution in [0.25, 0.3) is 0 Å². The first-order valence-corrected chi connectivity index (χ1v) is 10.7. The highest BCUT2D eigenvalue weighted by Gasteiger charge is 2.48. The number of piperidine rings is 1. The van der Waals surface area contributed by atoms with Gasteiger partial charge in [-0.05, 0) is 30.5 Å². The standard InChI is InChI=1S/C25H32N2O3/c1-4-23(28)21-12-8-9-13-22(21)26-25(24(29)30-3)15-17-27(18-19(25)2)16-14-20-10-6-5-7-11-20/h5-13,19,26H,4,14-18H2,1-3H3. The van der Waals surface area contributed by atoms with E-state index in [-0.39, 0.29) is 17.7 Å². The predicted molar refractivity (Wildman–Crippen MR) is 120 cm³/mol. The van der Waals surface area contributed by atoms with Crippen LogP contribution in [0.4, 0.5) is 5.69 Å². The van der Waals surface area contributed by atoms with Crippen molar-refractivity contribution in [3.05, 3.63) is 65.7 Å². The lowest BCUT2D eigenvalue weighted by Gasteiger charge is -2.45. The van der Waals surface area contributed by atoms with Gasteiger partial charge in [-0.15, -0.1) is 0 Å². The highest BCUT2D eigenvalue weighted by molar-refractivity contribution is 6.01. The first-order chi connectivity index (χ1) is 14.5. The van der Waals surface area contributed by atoms with Crippen LogP contribution >= 0.6 is 0 Å². The van der Waals surface area contributed by atoms with Crippen LogP contribution in [0, 0.1) is 5.92 Å². The molecule has 1 aliphatic heterocycles. The number of methoxy groups -OCH3 is 1. The van der Waals surface area contributed by atoms with Gasteiger partial charge in [0, 0.05) is 43.2 Å². The first kappa shape index (κ1) is 22.0. The maximum atomic E-state index is 13.0. The Morgan fingerprint density at radius 2 is 1.83 bits per heavy atom. The van der Waals surface area contributed by atoms with E-state index in [1.54, 1.807) is 0 Å². The Hall–Kier alpha value is -2.66. The van der Waals surface area contributed by atoms with E-state index in [0.717, 1.165) is 26.1 Å². The fourth-order valence-corrected chi connectivity index (χ4v) is 4.34. The molecule has 2 atom stereocenters. The second kappa shape index (κ2) is 9.90. The minimum absolute atomic E-state index is 0.0271. The summed E-state index contributed by atoms with van der Waals surface area (Å²) in [6.07, 6.45) is 2.04. The second-order valence-corrected chi connectivity index (χ2v) is 8.10. The molecule has 0 radical (unpaired) electrons. The van der Waals surface area contributed by atoms with Crippen molar-refractivity contribution in [1.82, 2.24) is 4.90 Å². The normalized spacial score (nSPS) is 21.8. The number of carbonyl (C=O) groups excluding carboxylic acids is 2. The zero-order chi connectivity index (χ0) is 21.6. The van der Waals surface area contributed by atoms with Crippen LogP contribution in [-0.4, -0.2) is 48.9 Å². The lowest BCUT2D eigenvalue weighted by atomic mass is 9.78. The van der Waals surface area contributed by atoms with E-state index < -0.39 is 5.54 Å². The van der Waals surface area contributed by atoms with Crippen molar-refractivity contribution >= 4 is 17.4 Å². The number of Topliss-reactive ketones (excluding diaryl/α,β-unsaturated/α-hetero) is 1. The number of rotatable bonds is 8. The van der Waals surface area contributed by atoms with E-state index in [0.29, 0.717) is 24.1 Å². The predicted octanol–water partition coefficient (Wildman–Crippen LogP) is 4.19. The smallest absolute Gasteiger partial charge is 0.331 e. The molecule has 5 nitrogen and oxygen atoms in total. The summed E-state index contributed by atoms with van der Waals surface area (Å²) in [5.41, 5.74) is 1.81. The summed E-state index contributed by atoms with van der Waals surface area (Å²) in [6, 6.07) is 17.9. The molecule has 0 bridgehead atoms. The maximum absolute atomic E-state index is 13.0. The number of ether oxygens (including phenoxy) is 1. The molecule has 0 aliphatic carbocycles. The SMILES string of the molecule is CCC(=O)c1ccccc1NC1(C(=O)OC)CCN(CCc2ccccc2)CC1C. The number of nitrogens with one attached hydrogen (secondary N) is 1. The van der Waals surface area contributed by atoms with Crippen LogP contribution in [0.1, 0.15) is 42.6 Å². The largest absolute Gasteiger partial charge is 0.467 e. The third-order valence-electron chi connectivity index (χ3n) is 6.21. The van der Waals surface area contributed by atoms with Gasteiger partial charge >= 0.3 is 5.97 Å². The average Bonchev–Trinajstić information content (AvgIpc) is 2.79. The van der Waals surface area contributed by atoms with Crippen molar-refractivity contribution in [1.29, 1.82) is 0 Å². The summed E-state index contributed by atoms with van der Waals surface area (Å²) in [5.74, 6) is -0.179. The fraction of sp³-hybridized carbons (Fsp3) is 0.440. The number of ketones is 1. The quantitative estimate of drug-likeness (QED) is 0.524. The second-order valence-electron chi connectivity index (χ2n) is 8.10. The summed E-state index contributed by atoms with van der Waals surface area (Å²) >= 11 is 0. The molecule has 2 aromatic carbocycles. The molecular weight excluding hydrogens is 376 g/mol. The fourth-order valence-electron chi connectivity index (χ4n) is 4.34. The van der Waals surface area contributed by atoms with Gasteiger partial charge in [0.1, 0.15) is 5.54 Å². The molecule has 0 saturated carbocycles. The highest BCUT2D eigenvalue weighted by Crippen LogP contribution is 2.34. The summed E-state index contributed by atoms with van der Waals surface area (Å²) in [4.78, 5) is 27.8. The third-order valence-corrected chi connectivity index (χ3v) is 6.21. The molecule has 0 spiro atoms. The van der Waals surface area contributed by atoms with Gasteiger partial charge in [-0.1, -0.05) is 56.3 Å². The van der Waals surface area contributed by atoms with E-state index in [1.165, 1.54) is 12.7 Å². The Morgan fingerprint density at radius 3 is 2.50 bits per heavy atom. The zero-order valence-electron chi connectivity index (χ0n) is 18.2. The number of esters is 1. The van der Waals surface area contributed by atoms with E-state index in [1.807, 2.05) is 37.3 Å². The molecule has 160 valence electrons. The number of benzene rings is 2. The molecule has 2 unspecified atom stereocenters. The Morgan fingerprint density at radius 1 is 1.13 bits per heavy atom. The van der Waals surface area contributed by atoms with E-state index in [2.05, 4.69) is 41.4 Å². The molecule has 1 aliphatic rings. The van der Waals surface area contributed by atoms with E-state index >= 15 is 0 Å². The van der Waals surface area contributed by atoms with Gasteiger partial charge in [-0.25, -0.2) is 4.79 Å². The number of anilines is 1. The minimum atomic E-state index is -0.845. The molecule has 2 aromatic rings. The number of likely N-dealkylation sites (tertiary alicyclic amines) is 1. The average molecular weight is 409 g/mol. The highest BCUT2D eigenvalue weighted by atomic mass is 16.5. The molecular formula is C25H32N2O3.